The molecule has 2 rings (SSSR count). The van der Waals surface area contributed by atoms with Gasteiger partial charge in [0.25, 0.3) is 0 Å². The fraction of sp³-hybridized carbons (Fsp3) is 0.333. The first-order valence-corrected chi connectivity index (χ1v) is 7.52. The Bertz CT molecular complexity index is 500. The minimum absolute atomic E-state index is 0.0177. The third kappa shape index (κ3) is 3.57. The van der Waals surface area contributed by atoms with Crippen molar-refractivity contribution in [3.05, 3.63) is 57.2 Å². The van der Waals surface area contributed by atoms with Crippen LogP contribution in [0.1, 0.15) is 29.5 Å². The van der Waals surface area contributed by atoms with Crippen LogP contribution in [0.5, 0.6) is 0 Å². The molecule has 0 saturated carbocycles. The second-order valence-corrected chi connectivity index (χ2v) is 5.99. The van der Waals surface area contributed by atoms with Crippen molar-refractivity contribution in [3.8, 4) is 0 Å². The zero-order valence-corrected chi connectivity index (χ0v) is 12.7. The number of ether oxygens (including phenoxy) is 1. The highest BCUT2D eigenvalue weighted by Gasteiger charge is 2.25. The summed E-state index contributed by atoms with van der Waals surface area (Å²) in [5.41, 5.74) is 1.17. The smallest absolute Gasteiger partial charge is 0.102 e. The van der Waals surface area contributed by atoms with Gasteiger partial charge in [0.2, 0.25) is 0 Å². The highest BCUT2D eigenvalue weighted by Crippen LogP contribution is 2.36. The number of hydrogen-bond donors (Lipinski definition) is 1. The lowest BCUT2D eigenvalue weighted by Crippen LogP contribution is -2.27. The van der Waals surface area contributed by atoms with E-state index in [1.807, 2.05) is 24.3 Å². The maximum absolute atomic E-state index is 6.05. The predicted molar refractivity (Wildman–Crippen MR) is 81.9 cm³/mol. The van der Waals surface area contributed by atoms with Crippen molar-refractivity contribution in [3.63, 3.8) is 0 Å². The molecule has 2 aromatic rings. The molecule has 2 unspecified atom stereocenters. The Balaban J connectivity index is 2.31. The Morgan fingerprint density at radius 1 is 1.21 bits per heavy atom. The van der Waals surface area contributed by atoms with Crippen molar-refractivity contribution < 1.29 is 4.74 Å². The lowest BCUT2D eigenvalue weighted by Gasteiger charge is -2.26. The van der Waals surface area contributed by atoms with Gasteiger partial charge in [0.1, 0.15) is 6.10 Å². The highest BCUT2D eigenvalue weighted by atomic mass is 35.5. The van der Waals surface area contributed by atoms with Crippen LogP contribution in [-0.4, -0.2) is 13.7 Å². The van der Waals surface area contributed by atoms with Gasteiger partial charge in [-0.2, -0.15) is 0 Å². The van der Waals surface area contributed by atoms with Gasteiger partial charge < -0.3 is 10.1 Å². The SMILES string of the molecule is CCNC(c1ccc(Cl)s1)C(OC)c1ccccc1. The molecule has 1 aromatic heterocycles. The quantitative estimate of drug-likeness (QED) is 0.850. The second kappa shape index (κ2) is 7.06. The predicted octanol–water partition coefficient (Wildman–Crippen LogP) is 4.44. The summed E-state index contributed by atoms with van der Waals surface area (Å²) in [5.74, 6) is 0. The first-order valence-electron chi connectivity index (χ1n) is 6.32. The van der Waals surface area contributed by atoms with Gasteiger partial charge in [-0.25, -0.2) is 0 Å². The number of likely N-dealkylation sites (N-methyl/N-ethyl adjacent to an activating group) is 1. The van der Waals surface area contributed by atoms with Crippen LogP contribution in [0.3, 0.4) is 0 Å². The number of thiophene rings is 1. The van der Waals surface area contributed by atoms with Crippen LogP contribution < -0.4 is 5.32 Å². The van der Waals surface area contributed by atoms with Crippen LogP contribution in [0.15, 0.2) is 42.5 Å². The minimum Gasteiger partial charge on any atom is -0.375 e. The molecule has 1 aromatic carbocycles. The fourth-order valence-corrected chi connectivity index (χ4v) is 3.34. The largest absolute Gasteiger partial charge is 0.375 e. The molecule has 0 fully saturated rings. The number of halogens is 1. The summed E-state index contributed by atoms with van der Waals surface area (Å²) in [4.78, 5) is 1.20. The van der Waals surface area contributed by atoms with Crippen molar-refractivity contribution in [1.82, 2.24) is 5.32 Å². The summed E-state index contributed by atoms with van der Waals surface area (Å²) >= 11 is 7.65. The van der Waals surface area contributed by atoms with E-state index in [9.17, 15) is 0 Å². The van der Waals surface area contributed by atoms with E-state index in [0.717, 1.165) is 10.9 Å². The third-order valence-corrected chi connectivity index (χ3v) is 4.32. The van der Waals surface area contributed by atoms with E-state index >= 15 is 0 Å². The summed E-state index contributed by atoms with van der Waals surface area (Å²) in [6.45, 7) is 2.98. The number of nitrogens with one attached hydrogen (secondary N) is 1. The Morgan fingerprint density at radius 3 is 2.47 bits per heavy atom. The van der Waals surface area contributed by atoms with Crippen LogP contribution >= 0.6 is 22.9 Å². The van der Waals surface area contributed by atoms with Crippen LogP contribution in [0.4, 0.5) is 0 Å². The Labute approximate surface area is 123 Å². The Morgan fingerprint density at radius 2 is 1.95 bits per heavy atom. The topological polar surface area (TPSA) is 21.3 Å². The molecule has 19 heavy (non-hydrogen) atoms. The summed E-state index contributed by atoms with van der Waals surface area (Å²) in [6, 6.07) is 14.4. The van der Waals surface area contributed by atoms with Gasteiger partial charge in [-0.15, -0.1) is 11.3 Å². The maximum atomic E-state index is 6.05. The molecule has 0 spiro atoms. The highest BCUT2D eigenvalue weighted by molar-refractivity contribution is 7.16. The first kappa shape index (κ1) is 14.5. The van der Waals surface area contributed by atoms with Crippen LogP contribution in [0.2, 0.25) is 4.34 Å². The van der Waals surface area contributed by atoms with Crippen molar-refractivity contribution in [2.45, 2.75) is 19.1 Å². The number of hydrogen-bond acceptors (Lipinski definition) is 3. The van der Waals surface area contributed by atoms with Gasteiger partial charge in [0.05, 0.1) is 10.4 Å². The van der Waals surface area contributed by atoms with E-state index in [2.05, 4.69) is 30.4 Å². The monoisotopic (exact) mass is 295 g/mol. The van der Waals surface area contributed by atoms with E-state index in [4.69, 9.17) is 16.3 Å². The van der Waals surface area contributed by atoms with Crippen LogP contribution in [0, 0.1) is 0 Å². The van der Waals surface area contributed by atoms with Gasteiger partial charge in [-0.3, -0.25) is 0 Å². The van der Waals surface area contributed by atoms with Crippen molar-refractivity contribution >= 4 is 22.9 Å². The van der Waals surface area contributed by atoms with Gasteiger partial charge in [0, 0.05) is 12.0 Å². The van der Waals surface area contributed by atoms with Gasteiger partial charge in [0.15, 0.2) is 0 Å². The average molecular weight is 296 g/mol. The molecule has 0 radical (unpaired) electrons. The first-order chi connectivity index (χ1) is 9.26. The number of rotatable bonds is 6. The van der Waals surface area contributed by atoms with Crippen LogP contribution in [0.25, 0.3) is 0 Å². The zero-order valence-electron chi connectivity index (χ0n) is 11.1. The molecule has 4 heteroatoms. The van der Waals surface area contributed by atoms with Gasteiger partial charge in [-0.1, -0.05) is 48.9 Å². The molecule has 0 aliphatic carbocycles. The summed E-state index contributed by atoms with van der Waals surface area (Å²) < 4.78 is 6.52. The number of benzene rings is 1. The van der Waals surface area contributed by atoms with Crippen LogP contribution in [-0.2, 0) is 4.74 Å². The minimum atomic E-state index is -0.0177. The van der Waals surface area contributed by atoms with Gasteiger partial charge in [-0.05, 0) is 24.2 Å². The zero-order chi connectivity index (χ0) is 13.7. The second-order valence-electron chi connectivity index (χ2n) is 4.24. The van der Waals surface area contributed by atoms with E-state index in [0.29, 0.717) is 0 Å². The molecule has 0 aliphatic heterocycles. The molecule has 1 heterocycles. The van der Waals surface area contributed by atoms with E-state index in [1.165, 1.54) is 10.4 Å². The summed E-state index contributed by atoms with van der Waals surface area (Å²) in [6.07, 6.45) is -0.0177. The van der Waals surface area contributed by atoms with E-state index in [-0.39, 0.29) is 12.1 Å². The molecule has 102 valence electrons. The Hall–Kier alpha value is -0.870. The number of methoxy groups -OCH3 is 1. The van der Waals surface area contributed by atoms with Crippen molar-refractivity contribution in [1.29, 1.82) is 0 Å². The lowest BCUT2D eigenvalue weighted by molar-refractivity contribution is 0.0692. The molecule has 0 amide bonds. The average Bonchev–Trinajstić information content (AvgIpc) is 2.86. The molecular formula is C15H18ClNOS. The standard InChI is InChI=1S/C15H18ClNOS/c1-3-17-14(12-9-10-13(16)19-12)15(18-2)11-7-5-4-6-8-11/h4-10,14-15,17H,3H2,1-2H3. The lowest BCUT2D eigenvalue weighted by atomic mass is 10.0. The molecule has 0 bridgehead atoms. The molecule has 1 N–H and O–H groups in total. The summed E-state index contributed by atoms with van der Waals surface area (Å²) in [7, 11) is 1.75. The van der Waals surface area contributed by atoms with E-state index < -0.39 is 0 Å². The molecule has 0 aliphatic rings. The van der Waals surface area contributed by atoms with E-state index in [1.54, 1.807) is 18.4 Å². The molecule has 2 nitrogen and oxygen atoms in total. The Kier molecular flexibility index (Phi) is 5.40. The van der Waals surface area contributed by atoms with Crippen molar-refractivity contribution in [2.24, 2.45) is 0 Å². The molecular weight excluding hydrogens is 278 g/mol. The molecule has 2 atom stereocenters. The molecule has 0 saturated heterocycles. The maximum Gasteiger partial charge on any atom is 0.102 e. The third-order valence-electron chi connectivity index (χ3n) is 3.01. The summed E-state index contributed by atoms with van der Waals surface area (Å²) in [5, 5.41) is 3.49. The van der Waals surface area contributed by atoms with Crippen molar-refractivity contribution in [2.75, 3.05) is 13.7 Å². The van der Waals surface area contributed by atoms with Gasteiger partial charge >= 0.3 is 0 Å². The normalized spacial score (nSPS) is 14.3. The fourth-order valence-electron chi connectivity index (χ4n) is 2.18.